The quantitative estimate of drug-likeness (QED) is 0.830. The highest BCUT2D eigenvalue weighted by atomic mass is 32.2. The first-order valence-corrected chi connectivity index (χ1v) is 9.81. The molecule has 1 aliphatic rings. The van der Waals surface area contributed by atoms with E-state index >= 15 is 0 Å². The first-order chi connectivity index (χ1) is 12.4. The average Bonchev–Trinajstić information content (AvgIpc) is 2.93. The number of benzene rings is 1. The SMILES string of the molecule is Cc1cc(C(=O)NC2CCS(=O)(=O)C2)nc(Nc2ccccc2C#N)n1. The van der Waals surface area contributed by atoms with Gasteiger partial charge in [-0.05, 0) is 31.5 Å². The Morgan fingerprint density at radius 3 is 2.77 bits per heavy atom. The fraction of sp³-hybridized carbons (Fsp3) is 0.294. The molecular weight excluding hydrogens is 354 g/mol. The van der Waals surface area contributed by atoms with Crippen LogP contribution < -0.4 is 10.6 Å². The molecular formula is C17H17N5O3S. The minimum Gasteiger partial charge on any atom is -0.347 e. The molecule has 0 aliphatic carbocycles. The number of sulfone groups is 1. The van der Waals surface area contributed by atoms with Crippen molar-refractivity contribution in [2.75, 3.05) is 16.8 Å². The Morgan fingerprint density at radius 2 is 2.08 bits per heavy atom. The van der Waals surface area contributed by atoms with Gasteiger partial charge in [0.15, 0.2) is 9.84 Å². The highest BCUT2D eigenvalue weighted by molar-refractivity contribution is 7.91. The van der Waals surface area contributed by atoms with Gasteiger partial charge in [-0.25, -0.2) is 18.4 Å². The normalized spacial score (nSPS) is 18.1. The molecule has 2 N–H and O–H groups in total. The lowest BCUT2D eigenvalue weighted by atomic mass is 10.2. The summed E-state index contributed by atoms with van der Waals surface area (Å²) in [5, 5.41) is 14.8. The van der Waals surface area contributed by atoms with Gasteiger partial charge in [-0.2, -0.15) is 5.26 Å². The molecule has 8 nitrogen and oxygen atoms in total. The molecule has 1 aromatic heterocycles. The van der Waals surface area contributed by atoms with Crippen LogP contribution in [0.5, 0.6) is 0 Å². The van der Waals surface area contributed by atoms with Crippen molar-refractivity contribution in [3.05, 3.63) is 47.3 Å². The minimum atomic E-state index is -3.08. The van der Waals surface area contributed by atoms with Crippen LogP contribution in [0.25, 0.3) is 0 Å². The van der Waals surface area contributed by atoms with E-state index < -0.39 is 21.8 Å². The Labute approximate surface area is 151 Å². The van der Waals surface area contributed by atoms with Crippen LogP contribution in [-0.2, 0) is 9.84 Å². The summed E-state index contributed by atoms with van der Waals surface area (Å²) in [6, 6.07) is 10.1. The standard InChI is InChI=1S/C17H17N5O3S/c1-11-8-15(16(23)20-13-6-7-26(24,25)10-13)22-17(19-11)21-14-5-3-2-4-12(14)9-18/h2-5,8,13H,6-7,10H2,1H3,(H,20,23)(H,19,21,22). The van der Waals surface area contributed by atoms with Crippen LogP contribution in [0.1, 0.15) is 28.2 Å². The summed E-state index contributed by atoms with van der Waals surface area (Å²) in [4.78, 5) is 20.8. The van der Waals surface area contributed by atoms with Gasteiger partial charge in [0.2, 0.25) is 5.95 Å². The Hall–Kier alpha value is -2.99. The largest absolute Gasteiger partial charge is 0.347 e. The highest BCUT2D eigenvalue weighted by Crippen LogP contribution is 2.18. The van der Waals surface area contributed by atoms with E-state index in [-0.39, 0.29) is 23.1 Å². The number of nitrogens with zero attached hydrogens (tertiary/aromatic N) is 3. The van der Waals surface area contributed by atoms with Crippen LogP contribution in [0.2, 0.25) is 0 Å². The van der Waals surface area contributed by atoms with Gasteiger partial charge in [0, 0.05) is 11.7 Å². The summed E-state index contributed by atoms with van der Waals surface area (Å²) in [6.07, 6.45) is 0.402. The molecule has 0 saturated carbocycles. The van der Waals surface area contributed by atoms with Crippen molar-refractivity contribution in [1.82, 2.24) is 15.3 Å². The lowest BCUT2D eigenvalue weighted by Crippen LogP contribution is -2.36. The van der Waals surface area contributed by atoms with Crippen molar-refractivity contribution in [1.29, 1.82) is 5.26 Å². The summed E-state index contributed by atoms with van der Waals surface area (Å²) >= 11 is 0. The summed E-state index contributed by atoms with van der Waals surface area (Å²) in [5.41, 5.74) is 1.67. The summed E-state index contributed by atoms with van der Waals surface area (Å²) in [6.45, 7) is 1.72. The third kappa shape index (κ3) is 4.15. The van der Waals surface area contributed by atoms with Gasteiger partial charge in [-0.3, -0.25) is 4.79 Å². The Morgan fingerprint density at radius 1 is 1.31 bits per heavy atom. The second-order valence-corrected chi connectivity index (χ2v) is 8.30. The lowest BCUT2D eigenvalue weighted by molar-refractivity contribution is 0.0936. The summed E-state index contributed by atoms with van der Waals surface area (Å²) in [7, 11) is -3.08. The molecule has 1 atom stereocenters. The molecule has 2 aromatic rings. The average molecular weight is 371 g/mol. The number of hydrogen-bond donors (Lipinski definition) is 2. The molecule has 3 rings (SSSR count). The monoisotopic (exact) mass is 371 g/mol. The number of nitriles is 1. The molecule has 1 saturated heterocycles. The molecule has 134 valence electrons. The van der Waals surface area contributed by atoms with E-state index in [1.54, 1.807) is 31.2 Å². The van der Waals surface area contributed by atoms with Gasteiger partial charge in [0.05, 0.1) is 22.8 Å². The van der Waals surface area contributed by atoms with E-state index in [1.165, 1.54) is 6.07 Å². The van der Waals surface area contributed by atoms with E-state index in [9.17, 15) is 13.2 Å². The molecule has 1 fully saturated rings. The van der Waals surface area contributed by atoms with Crippen LogP contribution in [0.4, 0.5) is 11.6 Å². The van der Waals surface area contributed by atoms with Gasteiger partial charge in [0.25, 0.3) is 5.91 Å². The number of carbonyl (C=O) groups excluding carboxylic acids is 1. The fourth-order valence-corrected chi connectivity index (χ4v) is 4.39. The fourth-order valence-electron chi connectivity index (χ4n) is 2.72. The number of anilines is 2. The zero-order chi connectivity index (χ0) is 18.7. The summed E-state index contributed by atoms with van der Waals surface area (Å²) < 4.78 is 23.0. The molecule has 1 unspecified atom stereocenters. The lowest BCUT2D eigenvalue weighted by Gasteiger charge is -2.12. The Bertz CT molecular complexity index is 998. The van der Waals surface area contributed by atoms with E-state index in [1.807, 2.05) is 0 Å². The maximum Gasteiger partial charge on any atom is 0.270 e. The molecule has 0 bridgehead atoms. The number of para-hydroxylation sites is 1. The van der Waals surface area contributed by atoms with Crippen molar-refractivity contribution in [3.8, 4) is 6.07 Å². The predicted octanol–water partition coefficient (Wildman–Crippen LogP) is 1.32. The van der Waals surface area contributed by atoms with Crippen molar-refractivity contribution >= 4 is 27.4 Å². The van der Waals surface area contributed by atoms with E-state index in [2.05, 4.69) is 26.7 Å². The van der Waals surface area contributed by atoms with Crippen molar-refractivity contribution in [2.45, 2.75) is 19.4 Å². The number of nitrogens with one attached hydrogen (secondary N) is 2. The second kappa shape index (κ2) is 7.09. The molecule has 26 heavy (non-hydrogen) atoms. The van der Waals surface area contributed by atoms with Crippen LogP contribution >= 0.6 is 0 Å². The van der Waals surface area contributed by atoms with Crippen molar-refractivity contribution in [2.24, 2.45) is 0 Å². The smallest absolute Gasteiger partial charge is 0.270 e. The number of rotatable bonds is 4. The zero-order valence-electron chi connectivity index (χ0n) is 14.1. The van der Waals surface area contributed by atoms with E-state index in [4.69, 9.17) is 5.26 Å². The molecule has 1 aliphatic heterocycles. The minimum absolute atomic E-state index is 0.0521. The van der Waals surface area contributed by atoms with Crippen LogP contribution in [0, 0.1) is 18.3 Å². The topological polar surface area (TPSA) is 125 Å². The highest BCUT2D eigenvalue weighted by Gasteiger charge is 2.29. The van der Waals surface area contributed by atoms with E-state index in [0.717, 1.165) is 0 Å². The molecule has 2 heterocycles. The number of carbonyl (C=O) groups is 1. The Balaban J connectivity index is 1.79. The van der Waals surface area contributed by atoms with Gasteiger partial charge in [-0.15, -0.1) is 0 Å². The second-order valence-electron chi connectivity index (χ2n) is 6.07. The van der Waals surface area contributed by atoms with Gasteiger partial charge in [0.1, 0.15) is 11.8 Å². The number of amides is 1. The van der Waals surface area contributed by atoms with Crippen molar-refractivity contribution < 1.29 is 13.2 Å². The number of aromatic nitrogens is 2. The third-order valence-electron chi connectivity index (χ3n) is 3.95. The first-order valence-electron chi connectivity index (χ1n) is 7.99. The van der Waals surface area contributed by atoms with Crippen molar-refractivity contribution in [3.63, 3.8) is 0 Å². The number of hydrogen-bond acceptors (Lipinski definition) is 7. The van der Waals surface area contributed by atoms with Gasteiger partial charge in [-0.1, -0.05) is 12.1 Å². The summed E-state index contributed by atoms with van der Waals surface area (Å²) in [5.74, 6) is -0.229. The molecule has 0 spiro atoms. The van der Waals surface area contributed by atoms with Gasteiger partial charge >= 0.3 is 0 Å². The molecule has 0 radical (unpaired) electrons. The van der Waals surface area contributed by atoms with E-state index in [0.29, 0.717) is 23.4 Å². The maximum atomic E-state index is 12.4. The van der Waals surface area contributed by atoms with Crippen LogP contribution in [-0.4, -0.2) is 41.8 Å². The maximum absolute atomic E-state index is 12.4. The first kappa shape index (κ1) is 17.8. The zero-order valence-corrected chi connectivity index (χ0v) is 14.9. The molecule has 1 amide bonds. The predicted molar refractivity (Wildman–Crippen MR) is 95.7 cm³/mol. The molecule has 9 heteroatoms. The van der Waals surface area contributed by atoms with Crippen LogP contribution in [0.3, 0.4) is 0 Å². The van der Waals surface area contributed by atoms with Crippen LogP contribution in [0.15, 0.2) is 30.3 Å². The molecule has 1 aromatic carbocycles. The number of aryl methyl sites for hydroxylation is 1. The third-order valence-corrected chi connectivity index (χ3v) is 5.72. The Kier molecular flexibility index (Phi) is 4.86. The van der Waals surface area contributed by atoms with Gasteiger partial charge < -0.3 is 10.6 Å².